The number of rotatable bonds is 2. The lowest BCUT2D eigenvalue weighted by Gasteiger charge is -2.14. The van der Waals surface area contributed by atoms with Crippen LogP contribution in [0.15, 0.2) is 47.5 Å². The molecular weight excluding hydrogens is 160 g/mol. The van der Waals surface area contributed by atoms with Gasteiger partial charge in [-0.2, -0.15) is 0 Å². The molecule has 0 aliphatic carbocycles. The van der Waals surface area contributed by atoms with E-state index in [-0.39, 0.29) is 6.04 Å². The summed E-state index contributed by atoms with van der Waals surface area (Å²) in [6.45, 7) is 2.94. The number of hydrogen-bond acceptors (Lipinski definition) is 2. The lowest BCUT2D eigenvalue weighted by molar-refractivity contribution is 0.983. The largest absolute Gasteiger partial charge is 0.376 e. The van der Waals surface area contributed by atoms with Crippen LogP contribution in [0.4, 0.5) is 5.69 Å². The van der Waals surface area contributed by atoms with Crippen LogP contribution in [-0.2, 0) is 0 Å². The van der Waals surface area contributed by atoms with Crippen LogP contribution >= 0.6 is 0 Å². The summed E-state index contributed by atoms with van der Waals surface area (Å²) in [7, 11) is 0. The van der Waals surface area contributed by atoms with E-state index in [1.165, 1.54) is 0 Å². The van der Waals surface area contributed by atoms with Gasteiger partial charge in [0.05, 0.1) is 6.04 Å². The minimum atomic E-state index is 0.0902. The summed E-state index contributed by atoms with van der Waals surface area (Å²) in [5.41, 5.74) is 1.08. The van der Waals surface area contributed by atoms with Crippen molar-refractivity contribution in [1.82, 2.24) is 0 Å². The molecule has 1 heterocycles. The molecule has 2 nitrogen and oxygen atoms in total. The summed E-state index contributed by atoms with van der Waals surface area (Å²) in [4.78, 5) is 3.93. The van der Waals surface area contributed by atoms with E-state index in [9.17, 15) is 0 Å². The fourth-order valence-corrected chi connectivity index (χ4v) is 1.16. The van der Waals surface area contributed by atoms with E-state index in [2.05, 4.69) is 16.9 Å². The SMILES string of the molecule is [C]1N=CC=CC1Nc1ccccc1. The Bertz CT molecular complexity index is 314. The highest BCUT2D eigenvalue weighted by Crippen LogP contribution is 2.10. The van der Waals surface area contributed by atoms with E-state index in [4.69, 9.17) is 0 Å². The molecule has 1 aromatic rings. The summed E-state index contributed by atoms with van der Waals surface area (Å²) < 4.78 is 0. The molecule has 0 bridgehead atoms. The van der Waals surface area contributed by atoms with Gasteiger partial charge in [0.25, 0.3) is 0 Å². The maximum Gasteiger partial charge on any atom is 0.144 e. The van der Waals surface area contributed by atoms with E-state index in [1.54, 1.807) is 6.21 Å². The molecule has 0 saturated carbocycles. The Kier molecular flexibility index (Phi) is 2.41. The second kappa shape index (κ2) is 3.90. The number of anilines is 1. The molecule has 0 amide bonds. The third-order valence-electron chi connectivity index (χ3n) is 1.77. The molecule has 1 atom stereocenters. The van der Waals surface area contributed by atoms with Crippen LogP contribution in [0.2, 0.25) is 0 Å². The molecule has 0 saturated heterocycles. The van der Waals surface area contributed by atoms with Crippen LogP contribution in [0.3, 0.4) is 0 Å². The number of allylic oxidation sites excluding steroid dienone is 1. The fraction of sp³-hybridized carbons (Fsp3) is 0.0909. The van der Waals surface area contributed by atoms with Gasteiger partial charge in [-0.05, 0) is 18.2 Å². The molecule has 2 rings (SSSR count). The number of nitrogens with one attached hydrogen (secondary N) is 1. The first-order valence-electron chi connectivity index (χ1n) is 4.22. The first-order chi connectivity index (χ1) is 6.45. The van der Waals surface area contributed by atoms with E-state index in [1.807, 2.05) is 42.5 Å². The van der Waals surface area contributed by atoms with Crippen molar-refractivity contribution in [3.8, 4) is 0 Å². The average Bonchev–Trinajstić information content (AvgIpc) is 2.21. The second-order valence-corrected chi connectivity index (χ2v) is 2.78. The van der Waals surface area contributed by atoms with Crippen molar-refractivity contribution in [2.75, 3.05) is 5.32 Å². The lowest BCUT2D eigenvalue weighted by Crippen LogP contribution is -2.17. The average molecular weight is 170 g/mol. The summed E-state index contributed by atoms with van der Waals surface area (Å²) >= 11 is 0. The highest BCUT2D eigenvalue weighted by atomic mass is 14.9. The summed E-state index contributed by atoms with van der Waals surface area (Å²) in [5, 5.41) is 3.27. The van der Waals surface area contributed by atoms with Crippen LogP contribution < -0.4 is 5.32 Å². The molecule has 1 unspecified atom stereocenters. The highest BCUT2D eigenvalue weighted by molar-refractivity contribution is 5.73. The van der Waals surface area contributed by atoms with Crippen LogP contribution in [0.5, 0.6) is 0 Å². The number of para-hydroxylation sites is 1. The Morgan fingerprint density at radius 2 is 2.08 bits per heavy atom. The Morgan fingerprint density at radius 1 is 1.23 bits per heavy atom. The zero-order valence-corrected chi connectivity index (χ0v) is 7.14. The van der Waals surface area contributed by atoms with Crippen molar-refractivity contribution >= 4 is 11.9 Å². The van der Waals surface area contributed by atoms with Gasteiger partial charge in [-0.25, -0.2) is 0 Å². The Labute approximate surface area is 78.0 Å². The molecule has 13 heavy (non-hydrogen) atoms. The Hall–Kier alpha value is -1.57. The second-order valence-electron chi connectivity index (χ2n) is 2.78. The molecule has 1 aliphatic rings. The zero-order chi connectivity index (χ0) is 8.93. The van der Waals surface area contributed by atoms with Crippen LogP contribution in [0, 0.1) is 6.54 Å². The summed E-state index contributed by atoms with van der Waals surface area (Å²) in [5.74, 6) is 0. The molecule has 0 fully saturated rings. The van der Waals surface area contributed by atoms with Crippen molar-refractivity contribution < 1.29 is 0 Å². The summed E-state index contributed by atoms with van der Waals surface area (Å²) in [6.07, 6.45) is 5.65. The number of hydrogen-bond donors (Lipinski definition) is 1. The predicted octanol–water partition coefficient (Wildman–Crippen LogP) is 2.15. The number of nitrogens with zero attached hydrogens (tertiary/aromatic N) is 1. The fourth-order valence-electron chi connectivity index (χ4n) is 1.16. The topological polar surface area (TPSA) is 24.4 Å². The van der Waals surface area contributed by atoms with Crippen LogP contribution in [-0.4, -0.2) is 12.3 Å². The van der Waals surface area contributed by atoms with Crippen molar-refractivity contribution in [1.29, 1.82) is 0 Å². The molecule has 64 valence electrons. The standard InChI is InChI=1S/C11H10N2/c1-2-5-10(6-3-1)13-11-7-4-8-12-9-11/h1-8,11,13H. The van der Waals surface area contributed by atoms with Crippen molar-refractivity contribution in [2.45, 2.75) is 6.04 Å². The van der Waals surface area contributed by atoms with Gasteiger partial charge in [0.2, 0.25) is 0 Å². The van der Waals surface area contributed by atoms with Gasteiger partial charge in [-0.3, -0.25) is 4.99 Å². The van der Waals surface area contributed by atoms with E-state index in [0.717, 1.165) is 5.69 Å². The Balaban J connectivity index is 1.99. The van der Waals surface area contributed by atoms with E-state index < -0.39 is 0 Å². The van der Waals surface area contributed by atoms with Gasteiger partial charge < -0.3 is 5.32 Å². The van der Waals surface area contributed by atoms with E-state index >= 15 is 0 Å². The molecule has 2 heteroatoms. The predicted molar refractivity (Wildman–Crippen MR) is 54.7 cm³/mol. The zero-order valence-electron chi connectivity index (χ0n) is 7.14. The molecule has 0 spiro atoms. The number of dihydropyridines is 1. The van der Waals surface area contributed by atoms with Gasteiger partial charge in [0.1, 0.15) is 6.54 Å². The summed E-state index contributed by atoms with van der Waals surface area (Å²) in [6, 6.07) is 10.1. The third kappa shape index (κ3) is 2.18. The monoisotopic (exact) mass is 170 g/mol. The lowest BCUT2D eigenvalue weighted by atomic mass is 10.2. The molecule has 1 aliphatic heterocycles. The molecule has 1 aromatic carbocycles. The van der Waals surface area contributed by atoms with Crippen LogP contribution in [0.1, 0.15) is 0 Å². The molecule has 0 aromatic heterocycles. The molecule has 1 N–H and O–H groups in total. The van der Waals surface area contributed by atoms with E-state index in [0.29, 0.717) is 0 Å². The smallest absolute Gasteiger partial charge is 0.144 e. The first kappa shape index (κ1) is 8.05. The number of aliphatic imine (C=N–C) groups is 1. The molecular formula is C11H10N2. The Morgan fingerprint density at radius 3 is 2.77 bits per heavy atom. The van der Waals surface area contributed by atoms with Gasteiger partial charge in [-0.1, -0.05) is 24.3 Å². The van der Waals surface area contributed by atoms with Crippen molar-refractivity contribution in [3.63, 3.8) is 0 Å². The minimum absolute atomic E-state index is 0.0902. The van der Waals surface area contributed by atoms with Gasteiger partial charge in [0, 0.05) is 11.9 Å². The van der Waals surface area contributed by atoms with Gasteiger partial charge >= 0.3 is 0 Å². The highest BCUT2D eigenvalue weighted by Gasteiger charge is 2.05. The number of benzene rings is 1. The van der Waals surface area contributed by atoms with Crippen molar-refractivity contribution in [3.05, 3.63) is 49.0 Å². The van der Waals surface area contributed by atoms with Crippen molar-refractivity contribution in [2.24, 2.45) is 4.99 Å². The van der Waals surface area contributed by atoms with Gasteiger partial charge in [-0.15, -0.1) is 0 Å². The first-order valence-corrected chi connectivity index (χ1v) is 4.22. The maximum atomic E-state index is 3.93. The van der Waals surface area contributed by atoms with Crippen LogP contribution in [0.25, 0.3) is 0 Å². The normalized spacial score (nSPS) is 20.2. The maximum absolute atomic E-state index is 3.93. The molecule has 2 radical (unpaired) electrons. The third-order valence-corrected chi connectivity index (χ3v) is 1.77. The quantitative estimate of drug-likeness (QED) is 0.722. The van der Waals surface area contributed by atoms with Gasteiger partial charge in [0.15, 0.2) is 0 Å². The minimum Gasteiger partial charge on any atom is -0.376 e.